The van der Waals surface area contributed by atoms with Crippen LogP contribution in [0.3, 0.4) is 0 Å². The largest absolute Gasteiger partial charge is 0.274 e. The first-order valence-corrected chi connectivity index (χ1v) is 4.72. The summed E-state index contributed by atoms with van der Waals surface area (Å²) in [6.07, 6.45) is 3.80. The summed E-state index contributed by atoms with van der Waals surface area (Å²) < 4.78 is 0. The van der Waals surface area contributed by atoms with Gasteiger partial charge in [-0.05, 0) is 18.6 Å². The third-order valence-electron chi connectivity index (χ3n) is 1.71. The molecule has 3 heteroatoms. The average Bonchev–Trinajstić information content (AvgIpc) is 2.25. The molecule has 0 unspecified atom stereocenters. The molecule has 0 fully saturated rings. The number of amides is 1. The van der Waals surface area contributed by atoms with Gasteiger partial charge in [-0.3, -0.25) is 4.79 Å². The van der Waals surface area contributed by atoms with Crippen LogP contribution in [0.4, 0.5) is 0 Å². The van der Waals surface area contributed by atoms with Crippen LogP contribution in [0.2, 0.25) is 0 Å². The highest BCUT2D eigenvalue weighted by atomic mass is 16.2. The van der Waals surface area contributed by atoms with Gasteiger partial charge in [0.05, 0.1) is 5.71 Å². The van der Waals surface area contributed by atoms with Crippen molar-refractivity contribution in [2.75, 3.05) is 0 Å². The standard InChI is InChI=1S/C12H14N2O/c1-10(13-14-11(2)15)8-9-12-6-4-3-5-7-12/h3-9H,1-2H3,(H,14,15)/b9-8+,13-10+. The Balaban J connectivity index is 2.58. The first-order valence-electron chi connectivity index (χ1n) is 4.72. The molecule has 1 aromatic carbocycles. The van der Waals surface area contributed by atoms with Crippen LogP contribution in [-0.2, 0) is 4.79 Å². The number of carbonyl (C=O) groups is 1. The molecule has 0 heterocycles. The number of nitrogens with one attached hydrogen (secondary N) is 1. The molecule has 78 valence electrons. The Kier molecular flexibility index (Phi) is 4.29. The maximum absolute atomic E-state index is 10.6. The van der Waals surface area contributed by atoms with E-state index >= 15 is 0 Å². The number of hydrazone groups is 1. The molecule has 15 heavy (non-hydrogen) atoms. The summed E-state index contributed by atoms with van der Waals surface area (Å²) >= 11 is 0. The number of hydrogen-bond donors (Lipinski definition) is 1. The van der Waals surface area contributed by atoms with Gasteiger partial charge in [0.15, 0.2) is 0 Å². The molecule has 1 amide bonds. The Bertz CT molecular complexity index is 380. The number of allylic oxidation sites excluding steroid dienone is 1. The lowest BCUT2D eigenvalue weighted by molar-refractivity contribution is -0.118. The van der Waals surface area contributed by atoms with E-state index in [1.807, 2.05) is 49.4 Å². The highest BCUT2D eigenvalue weighted by molar-refractivity contribution is 5.96. The van der Waals surface area contributed by atoms with Gasteiger partial charge in [-0.2, -0.15) is 5.10 Å². The lowest BCUT2D eigenvalue weighted by atomic mass is 10.2. The molecule has 0 radical (unpaired) electrons. The van der Waals surface area contributed by atoms with Crippen LogP contribution >= 0.6 is 0 Å². The van der Waals surface area contributed by atoms with Crippen LogP contribution in [0.1, 0.15) is 19.4 Å². The molecule has 0 atom stereocenters. The van der Waals surface area contributed by atoms with Gasteiger partial charge in [-0.1, -0.05) is 36.4 Å². The number of rotatable bonds is 3. The van der Waals surface area contributed by atoms with Crippen molar-refractivity contribution in [1.29, 1.82) is 0 Å². The third-order valence-corrected chi connectivity index (χ3v) is 1.71. The number of benzene rings is 1. The Morgan fingerprint density at radius 1 is 1.27 bits per heavy atom. The molecule has 0 saturated carbocycles. The van der Waals surface area contributed by atoms with Crippen LogP contribution in [0.15, 0.2) is 41.5 Å². The van der Waals surface area contributed by atoms with E-state index in [0.29, 0.717) is 0 Å². The quantitative estimate of drug-likeness (QED) is 0.592. The third kappa shape index (κ3) is 4.76. The fraction of sp³-hybridized carbons (Fsp3) is 0.167. The fourth-order valence-corrected chi connectivity index (χ4v) is 0.985. The van der Waals surface area contributed by atoms with Crippen molar-refractivity contribution in [2.24, 2.45) is 5.10 Å². The normalized spacial score (nSPS) is 11.7. The Hall–Kier alpha value is -1.90. The molecule has 3 nitrogen and oxygen atoms in total. The van der Waals surface area contributed by atoms with Crippen molar-refractivity contribution in [2.45, 2.75) is 13.8 Å². The molecule has 1 aromatic rings. The zero-order valence-electron chi connectivity index (χ0n) is 8.90. The number of nitrogens with zero attached hydrogens (tertiary/aromatic N) is 1. The van der Waals surface area contributed by atoms with Gasteiger partial charge < -0.3 is 0 Å². The SMILES string of the molecule is CC(=O)N/N=C(C)/C=C/c1ccccc1. The second-order valence-electron chi connectivity index (χ2n) is 3.17. The van der Waals surface area contributed by atoms with Crippen molar-refractivity contribution in [3.8, 4) is 0 Å². The molecule has 0 aromatic heterocycles. The summed E-state index contributed by atoms with van der Waals surface area (Å²) in [5.41, 5.74) is 4.24. The Morgan fingerprint density at radius 3 is 2.53 bits per heavy atom. The van der Waals surface area contributed by atoms with Crippen LogP contribution in [0, 0.1) is 0 Å². The second kappa shape index (κ2) is 5.75. The van der Waals surface area contributed by atoms with Gasteiger partial charge in [0, 0.05) is 6.92 Å². The van der Waals surface area contributed by atoms with E-state index in [1.54, 1.807) is 0 Å². The second-order valence-corrected chi connectivity index (χ2v) is 3.17. The van der Waals surface area contributed by atoms with Crippen LogP contribution in [-0.4, -0.2) is 11.6 Å². The molecule has 1 rings (SSSR count). The van der Waals surface area contributed by atoms with E-state index in [-0.39, 0.29) is 5.91 Å². The van der Waals surface area contributed by atoms with E-state index in [1.165, 1.54) is 6.92 Å². The molecular formula is C12H14N2O. The van der Waals surface area contributed by atoms with E-state index in [0.717, 1.165) is 11.3 Å². The molecule has 0 aliphatic carbocycles. The average molecular weight is 202 g/mol. The zero-order valence-corrected chi connectivity index (χ0v) is 8.90. The molecule has 0 saturated heterocycles. The van der Waals surface area contributed by atoms with Crippen LogP contribution < -0.4 is 5.43 Å². The molecule has 0 bridgehead atoms. The Morgan fingerprint density at radius 2 is 1.93 bits per heavy atom. The van der Waals surface area contributed by atoms with E-state index in [9.17, 15) is 4.79 Å². The monoisotopic (exact) mass is 202 g/mol. The predicted octanol–water partition coefficient (Wildman–Crippen LogP) is 2.21. The van der Waals surface area contributed by atoms with Gasteiger partial charge in [-0.25, -0.2) is 5.43 Å². The summed E-state index contributed by atoms with van der Waals surface area (Å²) in [6, 6.07) is 9.92. The number of hydrogen-bond acceptors (Lipinski definition) is 2. The van der Waals surface area contributed by atoms with E-state index in [2.05, 4.69) is 10.5 Å². The predicted molar refractivity (Wildman–Crippen MR) is 62.4 cm³/mol. The molecule has 0 aliphatic rings. The number of carbonyl (C=O) groups excluding carboxylic acids is 1. The molecule has 1 N–H and O–H groups in total. The van der Waals surface area contributed by atoms with Crippen molar-refractivity contribution in [1.82, 2.24) is 5.43 Å². The summed E-state index contributed by atoms with van der Waals surface area (Å²) in [7, 11) is 0. The first-order chi connectivity index (χ1) is 7.18. The van der Waals surface area contributed by atoms with Crippen LogP contribution in [0.5, 0.6) is 0 Å². The van der Waals surface area contributed by atoms with Crippen molar-refractivity contribution in [3.63, 3.8) is 0 Å². The first kappa shape index (κ1) is 11.2. The smallest absolute Gasteiger partial charge is 0.236 e. The minimum atomic E-state index is -0.164. The van der Waals surface area contributed by atoms with Gasteiger partial charge in [0.2, 0.25) is 5.91 Å². The minimum absolute atomic E-state index is 0.164. The zero-order chi connectivity index (χ0) is 11.1. The van der Waals surface area contributed by atoms with Gasteiger partial charge in [-0.15, -0.1) is 0 Å². The summed E-state index contributed by atoms with van der Waals surface area (Å²) in [4.78, 5) is 10.6. The van der Waals surface area contributed by atoms with Crippen molar-refractivity contribution in [3.05, 3.63) is 42.0 Å². The maximum atomic E-state index is 10.6. The highest BCUT2D eigenvalue weighted by Crippen LogP contribution is 2.00. The van der Waals surface area contributed by atoms with Gasteiger partial charge in [0.25, 0.3) is 0 Å². The molecule has 0 aliphatic heterocycles. The van der Waals surface area contributed by atoms with Gasteiger partial charge in [0.1, 0.15) is 0 Å². The van der Waals surface area contributed by atoms with Crippen molar-refractivity contribution < 1.29 is 4.79 Å². The lowest BCUT2D eigenvalue weighted by Gasteiger charge is -1.94. The Labute approximate surface area is 89.5 Å². The van der Waals surface area contributed by atoms with E-state index in [4.69, 9.17) is 0 Å². The maximum Gasteiger partial charge on any atom is 0.236 e. The lowest BCUT2D eigenvalue weighted by Crippen LogP contribution is -2.13. The van der Waals surface area contributed by atoms with E-state index < -0.39 is 0 Å². The van der Waals surface area contributed by atoms with Crippen LogP contribution in [0.25, 0.3) is 6.08 Å². The topological polar surface area (TPSA) is 41.5 Å². The summed E-state index contributed by atoms with van der Waals surface area (Å²) in [5, 5.41) is 3.87. The molecular weight excluding hydrogens is 188 g/mol. The van der Waals surface area contributed by atoms with Gasteiger partial charge >= 0.3 is 0 Å². The molecule has 0 spiro atoms. The van der Waals surface area contributed by atoms with Crippen molar-refractivity contribution >= 4 is 17.7 Å². The summed E-state index contributed by atoms with van der Waals surface area (Å²) in [6.45, 7) is 3.26. The minimum Gasteiger partial charge on any atom is -0.274 e. The summed E-state index contributed by atoms with van der Waals surface area (Å²) in [5.74, 6) is -0.164. The highest BCUT2D eigenvalue weighted by Gasteiger charge is 1.87. The fourth-order valence-electron chi connectivity index (χ4n) is 0.985.